The second-order valence-electron chi connectivity index (χ2n) is 8.35. The molecule has 9 heteroatoms. The number of nitrogens with one attached hydrogen (secondary N) is 1. The Balaban J connectivity index is 0.00000341. The summed E-state index contributed by atoms with van der Waals surface area (Å²) in [5, 5.41) is 3.50. The lowest BCUT2D eigenvalue weighted by atomic mass is 9.96. The van der Waals surface area contributed by atoms with Gasteiger partial charge in [0, 0.05) is 53.5 Å². The van der Waals surface area contributed by atoms with Crippen molar-refractivity contribution in [1.29, 1.82) is 0 Å². The van der Waals surface area contributed by atoms with Crippen LogP contribution in [0.2, 0.25) is 0 Å². The van der Waals surface area contributed by atoms with Crippen molar-refractivity contribution in [2.24, 2.45) is 16.8 Å². The Hall–Kier alpha value is -0.910. The minimum Gasteiger partial charge on any atom is -0.381 e. The van der Waals surface area contributed by atoms with Crippen molar-refractivity contribution in [2.45, 2.75) is 37.0 Å². The number of nitrogens with zero attached hydrogens (tertiary/aromatic N) is 3. The number of rotatable bonds is 7. The smallest absolute Gasteiger partial charge is 0.243 e. The van der Waals surface area contributed by atoms with Crippen molar-refractivity contribution in [3.8, 4) is 0 Å². The molecule has 0 aromatic heterocycles. The summed E-state index contributed by atoms with van der Waals surface area (Å²) in [5.41, 5.74) is 0. The quantitative estimate of drug-likeness (QED) is 0.313. The number of piperidine rings is 1. The molecule has 7 nitrogen and oxygen atoms in total. The number of aliphatic imine (C=N–C) groups is 1. The van der Waals surface area contributed by atoms with Gasteiger partial charge in [0.05, 0.1) is 4.90 Å². The Labute approximate surface area is 204 Å². The summed E-state index contributed by atoms with van der Waals surface area (Å²) in [6, 6.07) is 8.72. The van der Waals surface area contributed by atoms with E-state index in [0.29, 0.717) is 23.9 Å². The molecule has 2 heterocycles. The minimum absolute atomic E-state index is 0. The minimum atomic E-state index is -3.38. The second-order valence-corrected chi connectivity index (χ2v) is 10.3. The van der Waals surface area contributed by atoms with Crippen LogP contribution in [-0.4, -0.2) is 77.1 Å². The molecule has 0 aliphatic carbocycles. The van der Waals surface area contributed by atoms with Crippen LogP contribution >= 0.6 is 24.0 Å². The molecule has 0 saturated carbocycles. The van der Waals surface area contributed by atoms with Crippen LogP contribution < -0.4 is 5.32 Å². The summed E-state index contributed by atoms with van der Waals surface area (Å²) < 4.78 is 32.6. The summed E-state index contributed by atoms with van der Waals surface area (Å²) >= 11 is 0. The predicted octanol–water partition coefficient (Wildman–Crippen LogP) is 3.03. The monoisotopic (exact) mass is 564 g/mol. The fourth-order valence-electron chi connectivity index (χ4n) is 4.23. The van der Waals surface area contributed by atoms with Crippen LogP contribution in [0.3, 0.4) is 0 Å². The highest BCUT2D eigenvalue weighted by atomic mass is 127. The van der Waals surface area contributed by atoms with Gasteiger partial charge in [-0.15, -0.1) is 24.0 Å². The molecule has 2 saturated heterocycles. The molecule has 2 aliphatic rings. The van der Waals surface area contributed by atoms with Gasteiger partial charge in [0.25, 0.3) is 0 Å². The summed E-state index contributed by atoms with van der Waals surface area (Å²) in [7, 11) is 0.528. The number of hydrogen-bond donors (Lipinski definition) is 1. The molecule has 0 radical (unpaired) electrons. The third kappa shape index (κ3) is 7.57. The highest BCUT2D eigenvalue weighted by Crippen LogP contribution is 2.23. The normalized spacial score (nSPS) is 19.6. The van der Waals surface area contributed by atoms with Crippen molar-refractivity contribution in [3.05, 3.63) is 30.3 Å². The fraction of sp³-hybridized carbons (Fsp3) is 0.682. The van der Waals surface area contributed by atoms with Gasteiger partial charge in [-0.05, 0) is 56.1 Å². The van der Waals surface area contributed by atoms with E-state index in [0.717, 1.165) is 70.3 Å². The Morgan fingerprint density at radius 1 is 1.13 bits per heavy atom. The van der Waals surface area contributed by atoms with E-state index < -0.39 is 10.0 Å². The number of sulfonamides is 1. The lowest BCUT2D eigenvalue weighted by Gasteiger charge is -2.32. The molecule has 0 unspecified atom stereocenters. The molecule has 0 atom stereocenters. The number of halogens is 1. The molecule has 1 N–H and O–H groups in total. The van der Waals surface area contributed by atoms with Gasteiger partial charge in [-0.3, -0.25) is 4.99 Å². The zero-order chi connectivity index (χ0) is 21.4. The second kappa shape index (κ2) is 13.0. The van der Waals surface area contributed by atoms with E-state index >= 15 is 0 Å². The highest BCUT2D eigenvalue weighted by molar-refractivity contribution is 14.0. The third-order valence-electron chi connectivity index (χ3n) is 6.29. The highest BCUT2D eigenvalue weighted by Gasteiger charge is 2.29. The van der Waals surface area contributed by atoms with Crippen molar-refractivity contribution in [3.63, 3.8) is 0 Å². The summed E-state index contributed by atoms with van der Waals surface area (Å²) in [4.78, 5) is 7.01. The van der Waals surface area contributed by atoms with E-state index in [1.165, 1.54) is 0 Å². The third-order valence-corrected chi connectivity index (χ3v) is 8.20. The Morgan fingerprint density at radius 3 is 2.39 bits per heavy atom. The first-order valence-electron chi connectivity index (χ1n) is 11.1. The molecule has 1 aromatic rings. The summed E-state index contributed by atoms with van der Waals surface area (Å²) in [5.74, 6) is 2.12. The van der Waals surface area contributed by atoms with Crippen LogP contribution in [0.1, 0.15) is 32.1 Å². The van der Waals surface area contributed by atoms with Crippen molar-refractivity contribution < 1.29 is 13.2 Å². The number of hydrogen-bond acceptors (Lipinski definition) is 4. The molecule has 31 heavy (non-hydrogen) atoms. The first kappa shape index (κ1) is 26.3. The van der Waals surface area contributed by atoms with Gasteiger partial charge in [-0.25, -0.2) is 8.42 Å². The van der Waals surface area contributed by atoms with Gasteiger partial charge in [0.1, 0.15) is 0 Å². The molecule has 3 rings (SSSR count). The van der Waals surface area contributed by atoms with E-state index in [4.69, 9.17) is 4.74 Å². The maximum Gasteiger partial charge on any atom is 0.243 e. The number of ether oxygens (including phenoxy) is 1. The maximum absolute atomic E-state index is 12.8. The van der Waals surface area contributed by atoms with Crippen molar-refractivity contribution >= 4 is 40.0 Å². The standard InChI is InChI=1S/C22H36N4O3S.HI/c1-23-22(25(2)13-8-19-11-16-29-17-12-19)24-18-20-9-14-26(15-10-20)30(27,28)21-6-4-3-5-7-21;/h3-7,19-20H,8-18H2,1-2H3,(H,23,24);1H. The van der Waals surface area contributed by atoms with E-state index in [2.05, 4.69) is 22.3 Å². The van der Waals surface area contributed by atoms with Crippen molar-refractivity contribution in [1.82, 2.24) is 14.5 Å². The molecule has 176 valence electrons. The lowest BCUT2D eigenvalue weighted by Crippen LogP contribution is -2.45. The SMILES string of the molecule is CN=C(NCC1CCN(S(=O)(=O)c2ccccc2)CC1)N(C)CCC1CCOCC1.I. The molecule has 0 amide bonds. The number of guanidine groups is 1. The molecule has 2 fully saturated rings. The molecule has 1 aromatic carbocycles. The van der Waals surface area contributed by atoms with E-state index in [1.807, 2.05) is 13.1 Å². The van der Waals surface area contributed by atoms with Crippen LogP contribution in [0, 0.1) is 11.8 Å². The maximum atomic E-state index is 12.8. The van der Waals surface area contributed by atoms with Gasteiger partial charge in [0.2, 0.25) is 10.0 Å². The van der Waals surface area contributed by atoms with Crippen molar-refractivity contribution in [2.75, 3.05) is 53.5 Å². The van der Waals surface area contributed by atoms with Crippen LogP contribution in [0.15, 0.2) is 40.2 Å². The average molecular weight is 565 g/mol. The van der Waals surface area contributed by atoms with Crippen LogP contribution in [-0.2, 0) is 14.8 Å². The molecular weight excluding hydrogens is 527 g/mol. The van der Waals surface area contributed by atoms with Gasteiger partial charge in [0.15, 0.2) is 5.96 Å². The fourth-order valence-corrected chi connectivity index (χ4v) is 5.72. The Bertz CT molecular complexity index is 777. The zero-order valence-electron chi connectivity index (χ0n) is 18.7. The van der Waals surface area contributed by atoms with Gasteiger partial charge >= 0.3 is 0 Å². The zero-order valence-corrected chi connectivity index (χ0v) is 21.8. The lowest BCUT2D eigenvalue weighted by molar-refractivity contribution is 0.0625. The first-order valence-corrected chi connectivity index (χ1v) is 12.5. The van der Waals surface area contributed by atoms with Gasteiger partial charge in [-0.1, -0.05) is 18.2 Å². The first-order chi connectivity index (χ1) is 14.5. The predicted molar refractivity (Wildman–Crippen MR) is 135 cm³/mol. The molecule has 0 bridgehead atoms. The molecule has 2 aliphatic heterocycles. The largest absolute Gasteiger partial charge is 0.381 e. The molecular formula is C22H37IN4O3S. The summed E-state index contributed by atoms with van der Waals surface area (Å²) in [6.45, 7) is 4.73. The summed E-state index contributed by atoms with van der Waals surface area (Å²) in [6.07, 6.45) is 5.20. The molecule has 0 spiro atoms. The van der Waals surface area contributed by atoms with Gasteiger partial charge in [-0.2, -0.15) is 4.31 Å². The van der Waals surface area contributed by atoms with E-state index in [1.54, 1.807) is 28.6 Å². The Kier molecular flexibility index (Phi) is 11.0. The van der Waals surface area contributed by atoms with Gasteiger partial charge < -0.3 is 15.0 Å². The topological polar surface area (TPSA) is 74.2 Å². The van der Waals surface area contributed by atoms with Crippen LogP contribution in [0.25, 0.3) is 0 Å². The Morgan fingerprint density at radius 2 is 1.77 bits per heavy atom. The van der Waals surface area contributed by atoms with E-state index in [9.17, 15) is 8.42 Å². The van der Waals surface area contributed by atoms with E-state index in [-0.39, 0.29) is 24.0 Å². The average Bonchev–Trinajstić information content (AvgIpc) is 2.79. The number of benzene rings is 1. The van der Waals surface area contributed by atoms with Crippen LogP contribution in [0.5, 0.6) is 0 Å². The van der Waals surface area contributed by atoms with Crippen LogP contribution in [0.4, 0.5) is 0 Å².